The highest BCUT2D eigenvalue weighted by Crippen LogP contribution is 2.39. The summed E-state index contributed by atoms with van der Waals surface area (Å²) >= 11 is 1.82. The molecule has 0 aliphatic heterocycles. The molecule has 106 valence electrons. The molecular weight excluding hydrogens is 278 g/mol. The van der Waals surface area contributed by atoms with Crippen molar-refractivity contribution in [2.24, 2.45) is 0 Å². The van der Waals surface area contributed by atoms with Crippen LogP contribution in [0, 0.1) is 0 Å². The van der Waals surface area contributed by atoms with E-state index < -0.39 is 0 Å². The van der Waals surface area contributed by atoms with Gasteiger partial charge in [0.05, 0.1) is 5.69 Å². The van der Waals surface area contributed by atoms with E-state index in [0.717, 1.165) is 17.0 Å². The standard InChI is InChI=1S/C17H17N3S/c1-18-14-7-4-8-15-16(14)21-17(20-15)13-10-19-9-11-5-2-3-6-12(11)13/h2-3,5-6,9-10,14,18H,4,7-8H2,1H3. The van der Waals surface area contributed by atoms with Gasteiger partial charge in [-0.05, 0) is 31.7 Å². The van der Waals surface area contributed by atoms with Gasteiger partial charge in [-0.3, -0.25) is 4.98 Å². The first kappa shape index (κ1) is 12.9. The fourth-order valence-corrected chi connectivity index (χ4v) is 4.38. The van der Waals surface area contributed by atoms with Gasteiger partial charge in [-0.1, -0.05) is 24.3 Å². The van der Waals surface area contributed by atoms with Gasteiger partial charge < -0.3 is 5.32 Å². The van der Waals surface area contributed by atoms with E-state index in [2.05, 4.69) is 34.6 Å². The molecule has 1 aliphatic carbocycles. The van der Waals surface area contributed by atoms with Crippen LogP contribution in [0.2, 0.25) is 0 Å². The molecule has 2 heterocycles. The van der Waals surface area contributed by atoms with Crippen LogP contribution in [0.3, 0.4) is 0 Å². The van der Waals surface area contributed by atoms with Crippen LogP contribution in [-0.2, 0) is 6.42 Å². The van der Waals surface area contributed by atoms with Crippen molar-refractivity contribution in [3.05, 3.63) is 47.2 Å². The number of nitrogens with zero attached hydrogens (tertiary/aromatic N) is 2. The maximum Gasteiger partial charge on any atom is 0.126 e. The first-order chi connectivity index (χ1) is 10.4. The fraction of sp³-hybridized carbons (Fsp3) is 0.294. The highest BCUT2D eigenvalue weighted by molar-refractivity contribution is 7.15. The van der Waals surface area contributed by atoms with Crippen molar-refractivity contribution >= 4 is 22.1 Å². The molecule has 0 radical (unpaired) electrons. The van der Waals surface area contributed by atoms with Crippen molar-refractivity contribution in [3.63, 3.8) is 0 Å². The monoisotopic (exact) mass is 295 g/mol. The van der Waals surface area contributed by atoms with Crippen molar-refractivity contribution < 1.29 is 0 Å². The minimum absolute atomic E-state index is 0.461. The van der Waals surface area contributed by atoms with Gasteiger partial charge >= 0.3 is 0 Å². The van der Waals surface area contributed by atoms with Gasteiger partial charge in [0, 0.05) is 34.3 Å². The Bertz CT molecular complexity index is 788. The number of benzene rings is 1. The summed E-state index contributed by atoms with van der Waals surface area (Å²) in [7, 11) is 2.04. The summed E-state index contributed by atoms with van der Waals surface area (Å²) in [4.78, 5) is 10.7. The second kappa shape index (κ2) is 5.20. The molecule has 0 amide bonds. The molecule has 1 aromatic carbocycles. The van der Waals surface area contributed by atoms with E-state index in [1.54, 1.807) is 0 Å². The maximum absolute atomic E-state index is 4.91. The fourth-order valence-electron chi connectivity index (χ4n) is 3.10. The summed E-state index contributed by atoms with van der Waals surface area (Å²) in [5, 5.41) is 6.93. The van der Waals surface area contributed by atoms with Gasteiger partial charge in [-0.15, -0.1) is 11.3 Å². The lowest BCUT2D eigenvalue weighted by atomic mass is 9.98. The number of thiazole rings is 1. The van der Waals surface area contributed by atoms with Crippen molar-refractivity contribution in [1.82, 2.24) is 15.3 Å². The average molecular weight is 295 g/mol. The highest BCUT2D eigenvalue weighted by Gasteiger charge is 2.24. The molecule has 4 rings (SSSR count). The molecule has 1 unspecified atom stereocenters. The third-order valence-electron chi connectivity index (χ3n) is 4.20. The van der Waals surface area contributed by atoms with Crippen LogP contribution in [-0.4, -0.2) is 17.0 Å². The zero-order valence-electron chi connectivity index (χ0n) is 12.0. The van der Waals surface area contributed by atoms with E-state index in [9.17, 15) is 0 Å². The number of rotatable bonds is 2. The molecule has 0 fully saturated rings. The average Bonchev–Trinajstić information content (AvgIpc) is 2.98. The summed E-state index contributed by atoms with van der Waals surface area (Å²) in [6, 6.07) is 8.86. The molecule has 21 heavy (non-hydrogen) atoms. The second-order valence-corrected chi connectivity index (χ2v) is 6.50. The number of pyridine rings is 1. The summed E-state index contributed by atoms with van der Waals surface area (Å²) < 4.78 is 0. The Hall–Kier alpha value is -1.78. The topological polar surface area (TPSA) is 37.8 Å². The summed E-state index contributed by atoms with van der Waals surface area (Å²) in [5.74, 6) is 0. The van der Waals surface area contributed by atoms with Crippen molar-refractivity contribution in [2.45, 2.75) is 25.3 Å². The summed E-state index contributed by atoms with van der Waals surface area (Å²) in [6.07, 6.45) is 7.39. The number of hydrogen-bond acceptors (Lipinski definition) is 4. The first-order valence-corrected chi connectivity index (χ1v) is 8.18. The quantitative estimate of drug-likeness (QED) is 0.777. The van der Waals surface area contributed by atoms with Gasteiger partial charge in [0.1, 0.15) is 5.01 Å². The predicted molar refractivity (Wildman–Crippen MR) is 87.6 cm³/mol. The predicted octanol–water partition coefficient (Wildman–Crippen LogP) is 3.96. The first-order valence-electron chi connectivity index (χ1n) is 7.37. The zero-order chi connectivity index (χ0) is 14.2. The van der Waals surface area contributed by atoms with Gasteiger partial charge in [0.15, 0.2) is 0 Å². The Morgan fingerprint density at radius 3 is 3.05 bits per heavy atom. The molecule has 1 N–H and O–H groups in total. The molecule has 1 atom stereocenters. The van der Waals surface area contributed by atoms with Crippen LogP contribution in [0.5, 0.6) is 0 Å². The van der Waals surface area contributed by atoms with Crippen LogP contribution < -0.4 is 5.32 Å². The van der Waals surface area contributed by atoms with Crippen molar-refractivity contribution in [1.29, 1.82) is 0 Å². The lowest BCUT2D eigenvalue weighted by Crippen LogP contribution is -2.19. The Kier molecular flexibility index (Phi) is 3.20. The number of hydrogen-bond donors (Lipinski definition) is 1. The third kappa shape index (κ3) is 2.15. The molecule has 3 nitrogen and oxygen atoms in total. The second-order valence-electron chi connectivity index (χ2n) is 5.47. The van der Waals surface area contributed by atoms with Crippen molar-refractivity contribution in [3.8, 4) is 10.6 Å². The van der Waals surface area contributed by atoms with E-state index in [1.165, 1.54) is 34.2 Å². The molecular formula is C17H17N3S. The van der Waals surface area contributed by atoms with E-state index >= 15 is 0 Å². The minimum Gasteiger partial charge on any atom is -0.312 e. The van der Waals surface area contributed by atoms with Gasteiger partial charge in [0.2, 0.25) is 0 Å². The molecule has 0 bridgehead atoms. The Morgan fingerprint density at radius 1 is 1.24 bits per heavy atom. The number of aromatic nitrogens is 2. The number of fused-ring (bicyclic) bond motifs is 2. The number of aryl methyl sites for hydroxylation is 1. The summed E-state index contributed by atoms with van der Waals surface area (Å²) in [5.41, 5.74) is 2.43. The Balaban J connectivity index is 1.88. The van der Waals surface area contributed by atoms with Gasteiger partial charge in [-0.2, -0.15) is 0 Å². The van der Waals surface area contributed by atoms with Crippen LogP contribution >= 0.6 is 11.3 Å². The largest absolute Gasteiger partial charge is 0.312 e. The lowest BCUT2D eigenvalue weighted by molar-refractivity contribution is 0.501. The van der Waals surface area contributed by atoms with Crippen LogP contribution in [0.4, 0.5) is 0 Å². The van der Waals surface area contributed by atoms with Crippen LogP contribution in [0.1, 0.15) is 29.5 Å². The lowest BCUT2D eigenvalue weighted by Gasteiger charge is -2.19. The molecule has 2 aromatic heterocycles. The molecule has 0 spiro atoms. The van der Waals surface area contributed by atoms with Crippen molar-refractivity contribution in [2.75, 3.05) is 7.05 Å². The smallest absolute Gasteiger partial charge is 0.126 e. The molecule has 0 saturated heterocycles. The molecule has 0 saturated carbocycles. The highest BCUT2D eigenvalue weighted by atomic mass is 32.1. The normalized spacial score (nSPS) is 17.9. The maximum atomic E-state index is 4.91. The van der Waals surface area contributed by atoms with E-state index in [0.29, 0.717) is 6.04 Å². The molecule has 1 aliphatic rings. The van der Waals surface area contributed by atoms with E-state index in [1.807, 2.05) is 30.8 Å². The Morgan fingerprint density at radius 2 is 2.14 bits per heavy atom. The zero-order valence-corrected chi connectivity index (χ0v) is 12.8. The number of nitrogens with one attached hydrogen (secondary N) is 1. The minimum atomic E-state index is 0.461. The third-order valence-corrected chi connectivity index (χ3v) is 5.44. The van der Waals surface area contributed by atoms with Crippen LogP contribution in [0.15, 0.2) is 36.7 Å². The molecule has 3 aromatic rings. The Labute approximate surface area is 128 Å². The summed E-state index contributed by atoms with van der Waals surface area (Å²) in [6.45, 7) is 0. The van der Waals surface area contributed by atoms with E-state index in [-0.39, 0.29) is 0 Å². The van der Waals surface area contributed by atoms with Gasteiger partial charge in [0.25, 0.3) is 0 Å². The van der Waals surface area contributed by atoms with Crippen LogP contribution in [0.25, 0.3) is 21.3 Å². The molecule has 4 heteroatoms. The SMILES string of the molecule is CNC1CCCc2nc(-c3cncc4ccccc34)sc21. The van der Waals surface area contributed by atoms with E-state index in [4.69, 9.17) is 4.98 Å². The van der Waals surface area contributed by atoms with Gasteiger partial charge in [-0.25, -0.2) is 4.98 Å².